The molecule has 1 aliphatic heterocycles. The maximum Gasteiger partial charge on any atom is 0.253 e. The third-order valence-electron chi connectivity index (χ3n) is 6.15. The zero-order valence-electron chi connectivity index (χ0n) is 19.0. The lowest BCUT2D eigenvalue weighted by atomic mass is 10.1. The molecular weight excluding hydrogens is 444 g/mol. The summed E-state index contributed by atoms with van der Waals surface area (Å²) in [4.78, 5) is 36.6. The number of carbonyl (C=O) groups excluding carboxylic acids is 2. The van der Waals surface area contributed by atoms with Gasteiger partial charge in [-0.25, -0.2) is 4.98 Å². The molecule has 1 amide bonds. The van der Waals surface area contributed by atoms with Gasteiger partial charge in [0, 0.05) is 48.7 Å². The van der Waals surface area contributed by atoms with Crippen LogP contribution in [0.15, 0.2) is 78.0 Å². The molecule has 0 spiro atoms. The van der Waals surface area contributed by atoms with Gasteiger partial charge in [0.15, 0.2) is 10.9 Å². The zero-order chi connectivity index (χ0) is 23.5. The van der Waals surface area contributed by atoms with Gasteiger partial charge in [0.2, 0.25) is 0 Å². The highest BCUT2D eigenvalue weighted by atomic mass is 32.2. The number of rotatable bonds is 6. The summed E-state index contributed by atoms with van der Waals surface area (Å²) in [7, 11) is 0. The molecule has 0 unspecified atom stereocenters. The first-order valence-electron chi connectivity index (χ1n) is 11.4. The van der Waals surface area contributed by atoms with Crippen molar-refractivity contribution in [1.82, 2.24) is 14.9 Å². The lowest BCUT2D eigenvalue weighted by Crippen LogP contribution is -2.48. The number of piperazine rings is 1. The van der Waals surface area contributed by atoms with Crippen LogP contribution in [0.4, 0.5) is 5.69 Å². The van der Waals surface area contributed by atoms with Crippen molar-refractivity contribution in [3.63, 3.8) is 0 Å². The summed E-state index contributed by atoms with van der Waals surface area (Å²) >= 11 is 1.66. The third kappa shape index (κ3) is 4.84. The van der Waals surface area contributed by atoms with Crippen molar-refractivity contribution < 1.29 is 9.59 Å². The Morgan fingerprint density at radius 3 is 2.24 bits per heavy atom. The highest BCUT2D eigenvalue weighted by molar-refractivity contribution is 7.98. The van der Waals surface area contributed by atoms with Gasteiger partial charge in [0.1, 0.15) is 0 Å². The van der Waals surface area contributed by atoms with Crippen LogP contribution in [0.25, 0.3) is 11.0 Å². The lowest BCUT2D eigenvalue weighted by molar-refractivity contribution is 0.0746. The second-order valence-electron chi connectivity index (χ2n) is 8.43. The number of para-hydroxylation sites is 2. The van der Waals surface area contributed by atoms with E-state index in [1.165, 1.54) is 0 Å². The highest BCUT2D eigenvalue weighted by Crippen LogP contribution is 2.24. The van der Waals surface area contributed by atoms with E-state index < -0.39 is 0 Å². The van der Waals surface area contributed by atoms with Gasteiger partial charge in [-0.15, -0.1) is 0 Å². The number of benzene rings is 3. The topological polar surface area (TPSA) is 69.3 Å². The molecule has 0 aliphatic carbocycles. The molecule has 1 saturated heterocycles. The summed E-state index contributed by atoms with van der Waals surface area (Å²) in [5, 5.41) is 0.898. The molecule has 172 valence electrons. The van der Waals surface area contributed by atoms with E-state index in [4.69, 9.17) is 0 Å². The summed E-state index contributed by atoms with van der Waals surface area (Å²) in [5.74, 6) is 0.930. The molecule has 4 aromatic rings. The van der Waals surface area contributed by atoms with Crippen LogP contribution in [0.5, 0.6) is 0 Å². The van der Waals surface area contributed by atoms with Crippen molar-refractivity contribution in [2.75, 3.05) is 31.1 Å². The summed E-state index contributed by atoms with van der Waals surface area (Å²) in [6.45, 7) is 4.48. The molecule has 2 heterocycles. The van der Waals surface area contributed by atoms with E-state index in [0.29, 0.717) is 13.1 Å². The minimum absolute atomic E-state index is 0.0705. The fourth-order valence-corrected chi connectivity index (χ4v) is 4.99. The summed E-state index contributed by atoms with van der Waals surface area (Å²) in [6.07, 6.45) is 0. The number of Topliss-reactive ketones (excluding diaryl/α,β-unsaturated/α-hetero) is 1. The number of nitrogens with one attached hydrogen (secondary N) is 1. The van der Waals surface area contributed by atoms with Crippen LogP contribution in [-0.2, 0) is 5.75 Å². The largest absolute Gasteiger partial charge is 0.368 e. The van der Waals surface area contributed by atoms with Crippen LogP contribution in [0.1, 0.15) is 33.2 Å². The number of anilines is 1. The minimum Gasteiger partial charge on any atom is -0.368 e. The Hall–Kier alpha value is -3.58. The van der Waals surface area contributed by atoms with Gasteiger partial charge in [0.05, 0.1) is 11.0 Å². The summed E-state index contributed by atoms with van der Waals surface area (Å²) in [5.41, 5.74) is 5.69. The normalized spacial score (nSPS) is 13.9. The Kier molecular flexibility index (Phi) is 6.36. The van der Waals surface area contributed by atoms with Crippen LogP contribution in [-0.4, -0.2) is 52.7 Å². The number of aromatic amines is 1. The predicted octanol–water partition coefficient (Wildman–Crippen LogP) is 5.02. The van der Waals surface area contributed by atoms with E-state index in [-0.39, 0.29) is 11.7 Å². The Morgan fingerprint density at radius 2 is 1.56 bits per heavy atom. The van der Waals surface area contributed by atoms with Gasteiger partial charge in [0.25, 0.3) is 5.91 Å². The fourth-order valence-electron chi connectivity index (χ4n) is 4.15. The molecule has 0 saturated carbocycles. The average Bonchev–Trinajstić information content (AvgIpc) is 3.31. The van der Waals surface area contributed by atoms with Crippen molar-refractivity contribution in [3.05, 3.63) is 89.5 Å². The zero-order valence-corrected chi connectivity index (χ0v) is 19.8. The van der Waals surface area contributed by atoms with Gasteiger partial charge < -0.3 is 14.8 Å². The number of aromatic nitrogens is 2. The lowest BCUT2D eigenvalue weighted by Gasteiger charge is -2.36. The number of ketones is 1. The molecule has 1 aromatic heterocycles. The van der Waals surface area contributed by atoms with E-state index in [1.54, 1.807) is 18.7 Å². The molecule has 5 rings (SSSR count). The quantitative estimate of drug-likeness (QED) is 0.317. The Balaban J connectivity index is 1.15. The molecule has 6 nitrogen and oxygen atoms in total. The standard InChI is InChI=1S/C27H26N4O2S/c1-19(32)21-10-12-23(13-11-21)30-14-16-31(17-15-30)26(33)22-8-6-20(7-9-22)18-34-27-28-24-4-2-3-5-25(24)29-27/h2-13H,14-18H2,1H3,(H,28,29). The molecule has 0 atom stereocenters. The molecule has 0 bridgehead atoms. The molecule has 1 aliphatic rings. The minimum atomic E-state index is 0.0705. The molecule has 1 fully saturated rings. The van der Waals surface area contributed by atoms with Crippen LogP contribution < -0.4 is 4.90 Å². The van der Waals surface area contributed by atoms with Crippen molar-refractivity contribution in [3.8, 4) is 0 Å². The second kappa shape index (κ2) is 9.73. The number of H-pyrrole nitrogens is 1. The van der Waals surface area contributed by atoms with E-state index in [9.17, 15) is 9.59 Å². The monoisotopic (exact) mass is 470 g/mol. The Morgan fingerprint density at radius 1 is 0.882 bits per heavy atom. The van der Waals surface area contributed by atoms with E-state index in [2.05, 4.69) is 14.9 Å². The van der Waals surface area contributed by atoms with Gasteiger partial charge in [-0.05, 0) is 61.0 Å². The first-order chi connectivity index (χ1) is 16.6. The smallest absolute Gasteiger partial charge is 0.253 e. The molecule has 3 aromatic carbocycles. The van der Waals surface area contributed by atoms with Crippen molar-refractivity contribution >= 4 is 40.2 Å². The number of carbonyl (C=O) groups is 2. The number of nitrogens with zero attached hydrogens (tertiary/aromatic N) is 3. The van der Waals surface area contributed by atoms with E-state index in [0.717, 1.165) is 57.4 Å². The number of hydrogen-bond donors (Lipinski definition) is 1. The number of hydrogen-bond acceptors (Lipinski definition) is 5. The van der Waals surface area contributed by atoms with Crippen molar-refractivity contribution in [2.24, 2.45) is 0 Å². The first kappa shape index (κ1) is 22.2. The summed E-state index contributed by atoms with van der Waals surface area (Å²) in [6, 6.07) is 23.6. The number of fused-ring (bicyclic) bond motifs is 1. The van der Waals surface area contributed by atoms with E-state index in [1.807, 2.05) is 77.7 Å². The number of amides is 1. The second-order valence-corrected chi connectivity index (χ2v) is 9.39. The maximum absolute atomic E-state index is 13.0. The van der Waals surface area contributed by atoms with Gasteiger partial charge in [-0.3, -0.25) is 9.59 Å². The van der Waals surface area contributed by atoms with Crippen LogP contribution in [0.2, 0.25) is 0 Å². The third-order valence-corrected chi connectivity index (χ3v) is 7.09. The maximum atomic E-state index is 13.0. The predicted molar refractivity (Wildman–Crippen MR) is 137 cm³/mol. The van der Waals surface area contributed by atoms with Crippen LogP contribution in [0, 0.1) is 0 Å². The number of imidazole rings is 1. The van der Waals surface area contributed by atoms with Gasteiger partial charge in [-0.2, -0.15) is 0 Å². The van der Waals surface area contributed by atoms with Gasteiger partial charge >= 0.3 is 0 Å². The van der Waals surface area contributed by atoms with Crippen LogP contribution >= 0.6 is 11.8 Å². The summed E-state index contributed by atoms with van der Waals surface area (Å²) < 4.78 is 0. The Bertz CT molecular complexity index is 1270. The molecule has 0 radical (unpaired) electrons. The van der Waals surface area contributed by atoms with Crippen LogP contribution in [0.3, 0.4) is 0 Å². The van der Waals surface area contributed by atoms with Crippen molar-refractivity contribution in [1.29, 1.82) is 0 Å². The fraction of sp³-hybridized carbons (Fsp3) is 0.222. The van der Waals surface area contributed by atoms with Crippen molar-refractivity contribution in [2.45, 2.75) is 17.8 Å². The molecule has 34 heavy (non-hydrogen) atoms. The SMILES string of the molecule is CC(=O)c1ccc(N2CCN(C(=O)c3ccc(CSc4nc5ccccc5[nH]4)cc3)CC2)cc1. The molecule has 7 heteroatoms. The van der Waals surface area contributed by atoms with Gasteiger partial charge in [-0.1, -0.05) is 36.0 Å². The molecule has 1 N–H and O–H groups in total. The number of thioether (sulfide) groups is 1. The average molecular weight is 471 g/mol. The Labute approximate surface area is 203 Å². The first-order valence-corrected chi connectivity index (χ1v) is 12.4. The molecular formula is C27H26N4O2S. The highest BCUT2D eigenvalue weighted by Gasteiger charge is 2.22. The van der Waals surface area contributed by atoms with E-state index >= 15 is 0 Å².